The van der Waals surface area contributed by atoms with Crippen LogP contribution >= 0.6 is 23.4 Å². The molecule has 5 nitrogen and oxygen atoms in total. The number of aliphatic carboxylic acids is 1. The SMILES string of the molecule is CSCCC(NC(=O)c1ccc(O)c(Cl)c1)C(=O)O. The Hall–Kier alpha value is -1.40. The van der Waals surface area contributed by atoms with E-state index in [1.54, 1.807) is 0 Å². The molecule has 1 rings (SSSR count). The molecule has 0 aromatic heterocycles. The van der Waals surface area contributed by atoms with Crippen LogP contribution in [0.25, 0.3) is 0 Å². The second kappa shape index (κ2) is 7.25. The Kier molecular flexibility index (Phi) is 5.98. The fourth-order valence-corrected chi connectivity index (χ4v) is 2.03. The standard InChI is InChI=1S/C12H14ClNO4S/c1-19-5-4-9(12(17)18)14-11(16)7-2-3-10(15)8(13)6-7/h2-3,6,9,15H,4-5H2,1H3,(H,14,16)(H,17,18). The van der Waals surface area contributed by atoms with Gasteiger partial charge < -0.3 is 15.5 Å². The van der Waals surface area contributed by atoms with Gasteiger partial charge in [0.2, 0.25) is 0 Å². The smallest absolute Gasteiger partial charge is 0.326 e. The molecule has 0 saturated carbocycles. The van der Waals surface area contributed by atoms with Gasteiger partial charge in [0.15, 0.2) is 0 Å². The zero-order valence-electron chi connectivity index (χ0n) is 10.2. The molecule has 1 unspecified atom stereocenters. The molecule has 104 valence electrons. The summed E-state index contributed by atoms with van der Waals surface area (Å²) in [6.07, 6.45) is 2.20. The van der Waals surface area contributed by atoms with Crippen molar-refractivity contribution in [3.05, 3.63) is 28.8 Å². The minimum absolute atomic E-state index is 0.0450. The number of amides is 1. The van der Waals surface area contributed by atoms with E-state index in [1.807, 2.05) is 6.26 Å². The normalized spacial score (nSPS) is 11.9. The van der Waals surface area contributed by atoms with Crippen LogP contribution in [0.2, 0.25) is 5.02 Å². The summed E-state index contributed by atoms with van der Waals surface area (Å²) in [6.45, 7) is 0. The van der Waals surface area contributed by atoms with E-state index in [2.05, 4.69) is 5.32 Å². The third-order valence-corrected chi connectivity index (χ3v) is 3.37. The average molecular weight is 304 g/mol. The lowest BCUT2D eigenvalue weighted by molar-refractivity contribution is -0.139. The van der Waals surface area contributed by atoms with Crippen LogP contribution in [0.3, 0.4) is 0 Å². The van der Waals surface area contributed by atoms with Crippen molar-refractivity contribution >= 4 is 35.2 Å². The fraction of sp³-hybridized carbons (Fsp3) is 0.333. The molecule has 7 heteroatoms. The number of rotatable bonds is 6. The number of thioether (sulfide) groups is 1. The van der Waals surface area contributed by atoms with E-state index in [0.717, 1.165) is 0 Å². The summed E-state index contributed by atoms with van der Waals surface area (Å²) >= 11 is 7.20. The van der Waals surface area contributed by atoms with Gasteiger partial charge in [-0.1, -0.05) is 11.6 Å². The first-order valence-corrected chi connectivity index (χ1v) is 7.24. The van der Waals surface area contributed by atoms with E-state index in [0.29, 0.717) is 12.2 Å². The van der Waals surface area contributed by atoms with E-state index in [1.165, 1.54) is 30.0 Å². The van der Waals surface area contributed by atoms with Crippen molar-refractivity contribution < 1.29 is 19.8 Å². The van der Waals surface area contributed by atoms with Crippen LogP contribution in [0, 0.1) is 0 Å². The Balaban J connectivity index is 2.75. The first-order chi connectivity index (χ1) is 8.95. The summed E-state index contributed by atoms with van der Waals surface area (Å²) < 4.78 is 0. The predicted molar refractivity (Wildman–Crippen MR) is 75.0 cm³/mol. The number of hydrogen-bond acceptors (Lipinski definition) is 4. The predicted octanol–water partition coefficient (Wildman–Crippen LogP) is 1.98. The summed E-state index contributed by atoms with van der Waals surface area (Å²) in [5, 5.41) is 20.7. The minimum Gasteiger partial charge on any atom is -0.506 e. The molecule has 1 aromatic rings. The maximum Gasteiger partial charge on any atom is 0.326 e. The second-order valence-electron chi connectivity index (χ2n) is 3.81. The Morgan fingerprint density at radius 1 is 1.47 bits per heavy atom. The first-order valence-electron chi connectivity index (χ1n) is 5.46. The first kappa shape index (κ1) is 15.7. The molecule has 0 spiro atoms. The number of carbonyl (C=O) groups excluding carboxylic acids is 1. The molecule has 3 N–H and O–H groups in total. The third kappa shape index (κ3) is 4.65. The number of carboxylic acids is 1. The average Bonchev–Trinajstić information content (AvgIpc) is 2.37. The number of halogens is 1. The van der Waals surface area contributed by atoms with Gasteiger partial charge in [-0.3, -0.25) is 4.79 Å². The van der Waals surface area contributed by atoms with Crippen molar-refractivity contribution in [3.8, 4) is 5.75 Å². The van der Waals surface area contributed by atoms with Crippen LogP contribution in [-0.2, 0) is 4.79 Å². The van der Waals surface area contributed by atoms with Gasteiger partial charge in [-0.15, -0.1) is 0 Å². The topological polar surface area (TPSA) is 86.6 Å². The zero-order chi connectivity index (χ0) is 14.4. The van der Waals surface area contributed by atoms with Crippen LogP contribution in [0.1, 0.15) is 16.8 Å². The van der Waals surface area contributed by atoms with Crippen molar-refractivity contribution in [1.29, 1.82) is 0 Å². The number of phenolic OH excluding ortho intramolecular Hbond substituents is 1. The lowest BCUT2D eigenvalue weighted by Crippen LogP contribution is -2.41. The third-order valence-electron chi connectivity index (χ3n) is 2.42. The van der Waals surface area contributed by atoms with Crippen molar-refractivity contribution in [2.75, 3.05) is 12.0 Å². The van der Waals surface area contributed by atoms with E-state index in [4.69, 9.17) is 16.7 Å². The van der Waals surface area contributed by atoms with Gasteiger partial charge in [0.05, 0.1) is 5.02 Å². The molecule has 1 atom stereocenters. The van der Waals surface area contributed by atoms with Gasteiger partial charge in [-0.25, -0.2) is 4.79 Å². The summed E-state index contributed by atoms with van der Waals surface area (Å²) in [5.74, 6) is -1.11. The fourth-order valence-electron chi connectivity index (χ4n) is 1.38. The Morgan fingerprint density at radius 3 is 2.68 bits per heavy atom. The molecule has 0 fully saturated rings. The van der Waals surface area contributed by atoms with E-state index in [9.17, 15) is 14.7 Å². The van der Waals surface area contributed by atoms with Gasteiger partial charge in [0.25, 0.3) is 5.91 Å². The summed E-state index contributed by atoms with van der Waals surface area (Å²) in [4.78, 5) is 22.9. The number of hydrogen-bond donors (Lipinski definition) is 3. The lowest BCUT2D eigenvalue weighted by atomic mass is 10.1. The molecule has 19 heavy (non-hydrogen) atoms. The zero-order valence-corrected chi connectivity index (χ0v) is 11.8. The van der Waals surface area contributed by atoms with Crippen LogP contribution in [0.4, 0.5) is 0 Å². The number of nitrogens with one attached hydrogen (secondary N) is 1. The van der Waals surface area contributed by atoms with Crippen molar-refractivity contribution in [1.82, 2.24) is 5.32 Å². The summed E-state index contributed by atoms with van der Waals surface area (Å²) in [7, 11) is 0. The molecule has 1 amide bonds. The number of benzene rings is 1. The van der Waals surface area contributed by atoms with Crippen molar-refractivity contribution in [3.63, 3.8) is 0 Å². The molecular formula is C12H14ClNO4S. The van der Waals surface area contributed by atoms with Crippen LogP contribution < -0.4 is 5.32 Å². The van der Waals surface area contributed by atoms with Crippen molar-refractivity contribution in [2.45, 2.75) is 12.5 Å². The van der Waals surface area contributed by atoms with Gasteiger partial charge in [0, 0.05) is 5.56 Å². The summed E-state index contributed by atoms with van der Waals surface area (Å²) in [5.41, 5.74) is 0.207. The highest BCUT2D eigenvalue weighted by Gasteiger charge is 2.20. The maximum atomic E-state index is 11.9. The minimum atomic E-state index is -1.08. The van der Waals surface area contributed by atoms with Crippen LogP contribution in [0.5, 0.6) is 5.75 Å². The number of aromatic hydroxyl groups is 1. The van der Waals surface area contributed by atoms with E-state index < -0.39 is 17.9 Å². The second-order valence-corrected chi connectivity index (χ2v) is 5.20. The van der Waals surface area contributed by atoms with Crippen molar-refractivity contribution in [2.24, 2.45) is 0 Å². The molecule has 1 aromatic carbocycles. The van der Waals surface area contributed by atoms with E-state index >= 15 is 0 Å². The number of carbonyl (C=O) groups is 2. The summed E-state index contributed by atoms with van der Waals surface area (Å²) in [6, 6.07) is 3.02. The molecule has 0 aliphatic carbocycles. The van der Waals surface area contributed by atoms with Gasteiger partial charge in [-0.05, 0) is 36.6 Å². The Morgan fingerprint density at radius 2 is 2.16 bits per heavy atom. The molecule has 0 saturated heterocycles. The quantitative estimate of drug-likeness (QED) is 0.748. The molecule has 0 bridgehead atoms. The van der Waals surface area contributed by atoms with Crippen LogP contribution in [-0.4, -0.2) is 40.1 Å². The number of phenols is 1. The molecule has 0 heterocycles. The lowest BCUT2D eigenvalue weighted by Gasteiger charge is -2.14. The molecule has 0 aliphatic heterocycles. The highest BCUT2D eigenvalue weighted by atomic mass is 35.5. The molecule has 0 radical (unpaired) electrons. The monoisotopic (exact) mass is 303 g/mol. The largest absolute Gasteiger partial charge is 0.506 e. The molecular weight excluding hydrogens is 290 g/mol. The van der Waals surface area contributed by atoms with E-state index in [-0.39, 0.29) is 16.3 Å². The Labute approximate surface area is 120 Å². The Bertz CT molecular complexity index is 481. The van der Waals surface area contributed by atoms with Gasteiger partial charge in [-0.2, -0.15) is 11.8 Å². The number of carboxylic acid groups (broad SMARTS) is 1. The maximum absolute atomic E-state index is 11.9. The van der Waals surface area contributed by atoms with Gasteiger partial charge >= 0.3 is 5.97 Å². The highest BCUT2D eigenvalue weighted by molar-refractivity contribution is 7.98. The molecule has 0 aliphatic rings. The van der Waals surface area contributed by atoms with Gasteiger partial charge in [0.1, 0.15) is 11.8 Å². The van der Waals surface area contributed by atoms with Crippen LogP contribution in [0.15, 0.2) is 18.2 Å². The highest BCUT2D eigenvalue weighted by Crippen LogP contribution is 2.23.